The standard InChI is InChI=1S/C20H33N5O6/c1-3-11(2)16(20(30)31)23-17(27)13-6-4-8-24(13)19(29)14-7-5-9-25(14)18(28)12(21)10-15(22)26/h11-14,16H,3-10,21H2,1-2H3,(H2,22,26)(H,23,27)(H,30,31). The van der Waals surface area contributed by atoms with Gasteiger partial charge in [-0.05, 0) is 31.6 Å². The first-order chi connectivity index (χ1) is 14.6. The Morgan fingerprint density at radius 1 is 1.06 bits per heavy atom. The largest absolute Gasteiger partial charge is 0.480 e. The number of likely N-dealkylation sites (tertiary alicyclic amines) is 2. The summed E-state index contributed by atoms with van der Waals surface area (Å²) in [6.45, 7) is 4.27. The van der Waals surface area contributed by atoms with Crippen LogP contribution in [0.2, 0.25) is 0 Å². The zero-order valence-electron chi connectivity index (χ0n) is 18.1. The normalized spacial score (nSPS) is 23.8. The molecule has 4 amide bonds. The third kappa shape index (κ3) is 5.72. The molecule has 0 aliphatic carbocycles. The first kappa shape index (κ1) is 24.6. The number of aliphatic carboxylic acids is 1. The molecule has 11 heteroatoms. The molecule has 31 heavy (non-hydrogen) atoms. The molecule has 174 valence electrons. The van der Waals surface area contributed by atoms with Crippen LogP contribution in [-0.4, -0.2) is 81.8 Å². The average Bonchev–Trinajstić information content (AvgIpc) is 3.39. The third-order valence-electron chi connectivity index (χ3n) is 6.17. The molecular weight excluding hydrogens is 406 g/mol. The van der Waals surface area contributed by atoms with Gasteiger partial charge in [-0.15, -0.1) is 0 Å². The smallest absolute Gasteiger partial charge is 0.326 e. The van der Waals surface area contributed by atoms with Crippen molar-refractivity contribution in [3.8, 4) is 0 Å². The zero-order valence-corrected chi connectivity index (χ0v) is 18.1. The summed E-state index contributed by atoms with van der Waals surface area (Å²) in [5, 5.41) is 12.0. The molecule has 0 saturated carbocycles. The number of nitrogens with zero attached hydrogens (tertiary/aromatic N) is 2. The molecule has 2 saturated heterocycles. The quantitative estimate of drug-likeness (QED) is 0.348. The molecule has 5 atom stereocenters. The second-order valence-electron chi connectivity index (χ2n) is 8.37. The summed E-state index contributed by atoms with van der Waals surface area (Å²) in [6.07, 6.45) is 2.33. The summed E-state index contributed by atoms with van der Waals surface area (Å²) < 4.78 is 0. The highest BCUT2D eigenvalue weighted by Gasteiger charge is 2.43. The number of carboxylic acid groups (broad SMARTS) is 1. The Morgan fingerprint density at radius 2 is 1.65 bits per heavy atom. The number of carboxylic acids is 1. The summed E-state index contributed by atoms with van der Waals surface area (Å²) in [6, 6.07) is -3.69. The molecule has 2 aliphatic heterocycles. The van der Waals surface area contributed by atoms with Gasteiger partial charge in [-0.3, -0.25) is 19.2 Å². The van der Waals surface area contributed by atoms with E-state index in [0.717, 1.165) is 0 Å². The number of carbonyl (C=O) groups excluding carboxylic acids is 4. The van der Waals surface area contributed by atoms with Crippen LogP contribution in [0.5, 0.6) is 0 Å². The minimum atomic E-state index is -1.12. The fourth-order valence-corrected chi connectivity index (χ4v) is 4.23. The Morgan fingerprint density at radius 3 is 2.19 bits per heavy atom. The van der Waals surface area contributed by atoms with Crippen molar-refractivity contribution in [2.75, 3.05) is 13.1 Å². The van der Waals surface area contributed by atoms with Gasteiger partial charge in [0.2, 0.25) is 23.6 Å². The van der Waals surface area contributed by atoms with Gasteiger partial charge in [0, 0.05) is 13.1 Å². The van der Waals surface area contributed by atoms with E-state index in [0.29, 0.717) is 45.2 Å². The van der Waals surface area contributed by atoms with E-state index < -0.39 is 47.9 Å². The number of primary amides is 1. The first-order valence-electron chi connectivity index (χ1n) is 10.8. The number of hydrogen-bond donors (Lipinski definition) is 4. The molecule has 2 aliphatic rings. The minimum absolute atomic E-state index is 0.262. The van der Waals surface area contributed by atoms with Crippen molar-refractivity contribution in [3.63, 3.8) is 0 Å². The van der Waals surface area contributed by atoms with E-state index >= 15 is 0 Å². The number of amides is 4. The molecule has 0 aromatic carbocycles. The molecule has 0 aromatic heterocycles. The average molecular weight is 440 g/mol. The number of nitrogens with two attached hydrogens (primary N) is 2. The SMILES string of the molecule is CCC(C)C(NC(=O)C1CCCN1C(=O)C1CCCN1C(=O)C(N)CC(N)=O)C(=O)O. The van der Waals surface area contributed by atoms with Crippen molar-refractivity contribution < 1.29 is 29.1 Å². The van der Waals surface area contributed by atoms with Crippen LogP contribution in [0.25, 0.3) is 0 Å². The number of nitrogens with one attached hydrogen (secondary N) is 1. The van der Waals surface area contributed by atoms with Gasteiger partial charge in [-0.25, -0.2) is 4.79 Å². The van der Waals surface area contributed by atoms with E-state index in [1.165, 1.54) is 9.80 Å². The Balaban J connectivity index is 2.11. The molecular formula is C20H33N5O6. The van der Waals surface area contributed by atoms with Gasteiger partial charge in [-0.1, -0.05) is 20.3 Å². The predicted molar refractivity (Wildman–Crippen MR) is 110 cm³/mol. The van der Waals surface area contributed by atoms with Gasteiger partial charge in [0.15, 0.2) is 0 Å². The second-order valence-corrected chi connectivity index (χ2v) is 8.37. The predicted octanol–water partition coefficient (Wildman–Crippen LogP) is -1.21. The van der Waals surface area contributed by atoms with Gasteiger partial charge < -0.3 is 31.7 Å². The number of carbonyl (C=O) groups is 5. The van der Waals surface area contributed by atoms with Crippen LogP contribution in [0.4, 0.5) is 0 Å². The molecule has 2 fully saturated rings. The fraction of sp³-hybridized carbons (Fsp3) is 0.750. The molecule has 2 rings (SSSR count). The van der Waals surface area contributed by atoms with E-state index in [9.17, 15) is 29.1 Å². The summed E-state index contributed by atoms with van der Waals surface area (Å²) in [4.78, 5) is 64.1. The lowest BCUT2D eigenvalue weighted by Gasteiger charge is -2.32. The van der Waals surface area contributed by atoms with Gasteiger partial charge in [0.05, 0.1) is 12.5 Å². The number of rotatable bonds is 9. The maximum atomic E-state index is 13.2. The zero-order chi connectivity index (χ0) is 23.3. The molecule has 0 bridgehead atoms. The van der Waals surface area contributed by atoms with Crippen LogP contribution in [0.1, 0.15) is 52.4 Å². The maximum Gasteiger partial charge on any atom is 0.326 e. The second kappa shape index (κ2) is 10.6. The summed E-state index contributed by atoms with van der Waals surface area (Å²) in [5.74, 6) is -3.45. The van der Waals surface area contributed by atoms with E-state index in [1.807, 2.05) is 6.92 Å². The van der Waals surface area contributed by atoms with Crippen LogP contribution >= 0.6 is 0 Å². The lowest BCUT2D eigenvalue weighted by molar-refractivity contribution is -0.148. The monoisotopic (exact) mass is 439 g/mol. The van der Waals surface area contributed by atoms with Gasteiger partial charge in [0.1, 0.15) is 18.1 Å². The molecule has 0 aromatic rings. The fourth-order valence-electron chi connectivity index (χ4n) is 4.23. The summed E-state index contributed by atoms with van der Waals surface area (Å²) in [5.41, 5.74) is 10.9. The maximum absolute atomic E-state index is 13.2. The molecule has 5 unspecified atom stereocenters. The Bertz CT molecular complexity index is 729. The van der Waals surface area contributed by atoms with Crippen LogP contribution < -0.4 is 16.8 Å². The van der Waals surface area contributed by atoms with Crippen LogP contribution in [0.3, 0.4) is 0 Å². The van der Waals surface area contributed by atoms with Crippen molar-refractivity contribution in [3.05, 3.63) is 0 Å². The lowest BCUT2D eigenvalue weighted by atomic mass is 9.98. The van der Waals surface area contributed by atoms with Crippen molar-refractivity contribution in [2.24, 2.45) is 17.4 Å². The molecule has 11 nitrogen and oxygen atoms in total. The molecule has 6 N–H and O–H groups in total. The lowest BCUT2D eigenvalue weighted by Crippen LogP contribution is -2.57. The highest BCUT2D eigenvalue weighted by atomic mass is 16.4. The summed E-state index contributed by atoms with van der Waals surface area (Å²) in [7, 11) is 0. The number of hydrogen-bond acceptors (Lipinski definition) is 6. The molecule has 0 radical (unpaired) electrons. The van der Waals surface area contributed by atoms with Crippen molar-refractivity contribution in [1.82, 2.24) is 15.1 Å². The summed E-state index contributed by atoms with van der Waals surface area (Å²) >= 11 is 0. The van der Waals surface area contributed by atoms with Crippen molar-refractivity contribution in [1.29, 1.82) is 0 Å². The van der Waals surface area contributed by atoms with Gasteiger partial charge in [0.25, 0.3) is 0 Å². The Kier molecular flexibility index (Phi) is 8.37. The van der Waals surface area contributed by atoms with Crippen molar-refractivity contribution >= 4 is 29.6 Å². The van der Waals surface area contributed by atoms with Gasteiger partial charge in [-0.2, -0.15) is 0 Å². The van der Waals surface area contributed by atoms with Gasteiger partial charge >= 0.3 is 5.97 Å². The highest BCUT2D eigenvalue weighted by Crippen LogP contribution is 2.26. The topological polar surface area (TPSA) is 176 Å². The minimum Gasteiger partial charge on any atom is -0.480 e. The highest BCUT2D eigenvalue weighted by molar-refractivity contribution is 5.95. The van der Waals surface area contributed by atoms with Crippen LogP contribution in [-0.2, 0) is 24.0 Å². The molecule has 2 heterocycles. The van der Waals surface area contributed by atoms with Crippen LogP contribution in [0, 0.1) is 5.92 Å². The Hall–Kier alpha value is -2.69. The third-order valence-corrected chi connectivity index (χ3v) is 6.17. The Labute approximate surface area is 181 Å². The first-order valence-corrected chi connectivity index (χ1v) is 10.8. The molecule has 0 spiro atoms. The van der Waals surface area contributed by atoms with Crippen LogP contribution in [0.15, 0.2) is 0 Å². The van der Waals surface area contributed by atoms with E-state index in [-0.39, 0.29) is 18.2 Å². The van der Waals surface area contributed by atoms with Crippen molar-refractivity contribution in [2.45, 2.75) is 76.5 Å². The van der Waals surface area contributed by atoms with E-state index in [1.54, 1.807) is 6.92 Å². The van der Waals surface area contributed by atoms with E-state index in [2.05, 4.69) is 5.32 Å². The van der Waals surface area contributed by atoms with E-state index in [4.69, 9.17) is 11.5 Å².